The first-order valence-corrected chi connectivity index (χ1v) is 11.8. The Balaban J connectivity index is 2.01. The minimum Gasteiger partial charge on any atom is -0.481 e. The largest absolute Gasteiger partial charge is 0.481 e. The molecule has 0 spiro atoms. The summed E-state index contributed by atoms with van der Waals surface area (Å²) in [7, 11) is 0. The maximum Gasteiger partial charge on any atom is 0.408 e. The summed E-state index contributed by atoms with van der Waals surface area (Å²) in [6.45, 7) is 8.37. The third-order valence-electron chi connectivity index (χ3n) is 6.28. The number of aliphatic carboxylic acids is 1. The first-order valence-electron chi connectivity index (χ1n) is 11.8. The molecule has 2 N–H and O–H groups in total. The lowest BCUT2D eigenvalue weighted by Gasteiger charge is -2.48. The van der Waals surface area contributed by atoms with Gasteiger partial charge in [0.1, 0.15) is 5.60 Å². The van der Waals surface area contributed by atoms with Crippen molar-refractivity contribution in [2.45, 2.75) is 116 Å². The number of alkyl carbamates (subject to hydrolysis) is 1. The number of carboxylic acids is 1. The number of carboxylic acid groups (broad SMARTS) is 1. The average molecular weight is 440 g/mol. The molecule has 2 rings (SSSR count). The summed E-state index contributed by atoms with van der Waals surface area (Å²) in [5, 5.41) is 11.8. The summed E-state index contributed by atoms with van der Waals surface area (Å²) in [6.07, 6.45) is 12.0. The van der Waals surface area contributed by atoms with E-state index in [1.165, 1.54) is 6.42 Å². The average Bonchev–Trinajstić information content (AvgIpc) is 2.64. The van der Waals surface area contributed by atoms with Crippen LogP contribution in [0.15, 0.2) is 12.2 Å². The van der Waals surface area contributed by atoms with Gasteiger partial charge in [-0.05, 0) is 77.6 Å². The molecule has 1 aliphatic heterocycles. The summed E-state index contributed by atoms with van der Waals surface area (Å²) in [6, 6.07) is -0.406. The molecule has 0 radical (unpaired) electrons. The Kier molecular flexibility index (Phi) is 9.82. The number of hydrogen-bond acceptors (Lipinski definition) is 5. The maximum absolute atomic E-state index is 12.2. The van der Waals surface area contributed by atoms with Crippen molar-refractivity contribution in [2.75, 3.05) is 6.61 Å². The smallest absolute Gasteiger partial charge is 0.408 e. The number of hydrogen-bond donors (Lipinski definition) is 2. The van der Waals surface area contributed by atoms with Gasteiger partial charge in [0.25, 0.3) is 0 Å². The normalized spacial score (nSPS) is 23.0. The van der Waals surface area contributed by atoms with Crippen LogP contribution in [0.1, 0.15) is 91.9 Å². The van der Waals surface area contributed by atoms with E-state index in [0.29, 0.717) is 12.8 Å². The first-order chi connectivity index (χ1) is 14.6. The summed E-state index contributed by atoms with van der Waals surface area (Å²) < 4.78 is 17.6. The van der Waals surface area contributed by atoms with E-state index >= 15 is 0 Å². The van der Waals surface area contributed by atoms with E-state index in [0.717, 1.165) is 45.1 Å². The van der Waals surface area contributed by atoms with Gasteiger partial charge >= 0.3 is 12.1 Å². The van der Waals surface area contributed by atoms with Crippen LogP contribution in [0.4, 0.5) is 4.79 Å². The minimum absolute atomic E-state index is 0.0282. The van der Waals surface area contributed by atoms with Gasteiger partial charge in [0.15, 0.2) is 6.29 Å². The number of carbonyl (C=O) groups excluding carboxylic acids is 1. The number of rotatable bonds is 11. The highest BCUT2D eigenvalue weighted by atomic mass is 16.7. The lowest BCUT2D eigenvalue weighted by Crippen LogP contribution is -2.45. The minimum atomic E-state index is -0.889. The van der Waals surface area contributed by atoms with Crippen LogP contribution in [-0.2, 0) is 19.0 Å². The van der Waals surface area contributed by atoms with Crippen LogP contribution in [0.2, 0.25) is 0 Å². The Hall–Kier alpha value is -1.60. The van der Waals surface area contributed by atoms with E-state index in [4.69, 9.17) is 19.3 Å². The third-order valence-corrected chi connectivity index (χ3v) is 6.28. The molecular formula is C24H41NO6. The summed E-state index contributed by atoms with van der Waals surface area (Å²) >= 11 is 0. The monoisotopic (exact) mass is 439 g/mol. The molecule has 0 aromatic heterocycles. The fourth-order valence-electron chi connectivity index (χ4n) is 4.31. The molecule has 0 bridgehead atoms. The summed E-state index contributed by atoms with van der Waals surface area (Å²) in [5.41, 5.74) is -0.428. The van der Waals surface area contributed by atoms with E-state index in [-0.39, 0.29) is 24.2 Å². The zero-order chi connectivity index (χ0) is 22.9. The van der Waals surface area contributed by atoms with Crippen LogP contribution < -0.4 is 5.32 Å². The molecule has 7 heteroatoms. The fourth-order valence-corrected chi connectivity index (χ4v) is 4.31. The van der Waals surface area contributed by atoms with Gasteiger partial charge in [0.2, 0.25) is 0 Å². The molecule has 0 aromatic rings. The van der Waals surface area contributed by atoms with E-state index < -0.39 is 23.7 Å². The number of carbonyl (C=O) groups is 2. The predicted octanol–water partition coefficient (Wildman–Crippen LogP) is 5.18. The lowest BCUT2D eigenvalue weighted by molar-refractivity contribution is -0.222. The van der Waals surface area contributed by atoms with E-state index in [1.54, 1.807) is 20.8 Å². The molecular weight excluding hydrogens is 398 g/mol. The third kappa shape index (κ3) is 8.81. The quantitative estimate of drug-likeness (QED) is 0.431. The van der Waals surface area contributed by atoms with Gasteiger partial charge < -0.3 is 24.6 Å². The van der Waals surface area contributed by atoms with Crippen molar-refractivity contribution in [1.29, 1.82) is 0 Å². The summed E-state index contributed by atoms with van der Waals surface area (Å²) in [4.78, 5) is 23.2. The second-order valence-corrected chi connectivity index (χ2v) is 9.84. The molecule has 1 saturated heterocycles. The molecule has 3 atom stereocenters. The molecule has 1 heterocycles. The highest BCUT2D eigenvalue weighted by molar-refractivity contribution is 5.69. The topological polar surface area (TPSA) is 94.1 Å². The van der Waals surface area contributed by atoms with Crippen molar-refractivity contribution in [3.05, 3.63) is 12.2 Å². The van der Waals surface area contributed by atoms with Crippen molar-refractivity contribution in [2.24, 2.45) is 5.41 Å². The van der Waals surface area contributed by atoms with Crippen LogP contribution in [0.5, 0.6) is 0 Å². The Morgan fingerprint density at radius 1 is 1.26 bits per heavy atom. The van der Waals surface area contributed by atoms with Crippen LogP contribution in [-0.4, -0.2) is 47.8 Å². The number of nitrogens with one attached hydrogen (secondary N) is 1. The molecule has 1 amide bonds. The number of amides is 1. The van der Waals surface area contributed by atoms with Gasteiger partial charge in [0.05, 0.1) is 12.1 Å². The molecule has 1 unspecified atom stereocenters. The van der Waals surface area contributed by atoms with Crippen molar-refractivity contribution in [1.82, 2.24) is 5.32 Å². The van der Waals surface area contributed by atoms with Crippen LogP contribution >= 0.6 is 0 Å². The van der Waals surface area contributed by atoms with Crippen LogP contribution in [0.25, 0.3) is 0 Å². The molecule has 178 valence electrons. The van der Waals surface area contributed by atoms with Gasteiger partial charge in [-0.2, -0.15) is 0 Å². The SMILES string of the molecule is CCC1([C@H](C/C=C/[C@@H](CCC(=O)O)NC(=O)OC(C)(C)C)OC2CCCCO2)CCC1. The van der Waals surface area contributed by atoms with Gasteiger partial charge in [-0.1, -0.05) is 25.5 Å². The van der Waals surface area contributed by atoms with Crippen LogP contribution in [0, 0.1) is 5.41 Å². The van der Waals surface area contributed by atoms with E-state index in [1.807, 2.05) is 12.2 Å². The molecule has 2 fully saturated rings. The molecule has 0 aromatic carbocycles. The Labute approximate surface area is 186 Å². The highest BCUT2D eigenvalue weighted by Gasteiger charge is 2.43. The molecule has 7 nitrogen and oxygen atoms in total. The molecule has 31 heavy (non-hydrogen) atoms. The van der Waals surface area contributed by atoms with E-state index in [2.05, 4.69) is 12.2 Å². The van der Waals surface area contributed by atoms with Gasteiger partial charge in [0, 0.05) is 13.0 Å². The van der Waals surface area contributed by atoms with Crippen molar-refractivity contribution in [3.8, 4) is 0 Å². The second kappa shape index (κ2) is 11.9. The van der Waals surface area contributed by atoms with Gasteiger partial charge in [-0.25, -0.2) is 4.79 Å². The molecule has 1 saturated carbocycles. The van der Waals surface area contributed by atoms with Gasteiger partial charge in [-0.3, -0.25) is 4.79 Å². The van der Waals surface area contributed by atoms with E-state index in [9.17, 15) is 9.59 Å². The zero-order valence-electron chi connectivity index (χ0n) is 19.7. The standard InChI is InChI=1S/C24H41NO6/c1-5-24(15-9-16-24)19(30-21-12-6-7-17-29-21)11-8-10-18(13-14-20(26)27)25-22(28)31-23(2,3)4/h8,10,18-19,21H,5-7,9,11-17H2,1-4H3,(H,25,28)(H,26,27)/b10-8+/t18-,19-,21?/m0/s1. The Morgan fingerprint density at radius 3 is 2.52 bits per heavy atom. The Morgan fingerprint density at radius 2 is 2.00 bits per heavy atom. The predicted molar refractivity (Wildman–Crippen MR) is 119 cm³/mol. The molecule has 1 aliphatic carbocycles. The second-order valence-electron chi connectivity index (χ2n) is 9.84. The first kappa shape index (κ1) is 25.7. The van der Waals surface area contributed by atoms with Crippen molar-refractivity contribution < 1.29 is 28.9 Å². The van der Waals surface area contributed by atoms with Crippen molar-refractivity contribution in [3.63, 3.8) is 0 Å². The number of ether oxygens (including phenoxy) is 3. The molecule has 2 aliphatic rings. The highest BCUT2D eigenvalue weighted by Crippen LogP contribution is 2.49. The lowest BCUT2D eigenvalue weighted by atomic mass is 9.62. The summed E-state index contributed by atoms with van der Waals surface area (Å²) in [5.74, 6) is -0.889. The maximum atomic E-state index is 12.2. The fraction of sp³-hybridized carbons (Fsp3) is 0.833. The van der Waals surface area contributed by atoms with Crippen molar-refractivity contribution >= 4 is 12.1 Å². The Bertz CT molecular complexity index is 596. The van der Waals surface area contributed by atoms with Gasteiger partial charge in [-0.15, -0.1) is 0 Å². The van der Waals surface area contributed by atoms with Crippen LogP contribution in [0.3, 0.4) is 0 Å². The zero-order valence-corrected chi connectivity index (χ0v) is 19.7.